The molecule has 2 aromatic rings. The van der Waals surface area contributed by atoms with Gasteiger partial charge in [-0.15, -0.1) is 5.10 Å². The average Bonchev–Trinajstić information content (AvgIpc) is 3.06. The van der Waals surface area contributed by atoms with Crippen LogP contribution < -0.4 is 5.32 Å². The van der Waals surface area contributed by atoms with E-state index in [1.807, 2.05) is 4.68 Å². The molecule has 100 valence electrons. The summed E-state index contributed by atoms with van der Waals surface area (Å²) in [5.74, 6) is 0.867. The van der Waals surface area contributed by atoms with Gasteiger partial charge in [0.25, 0.3) is 0 Å². The first-order valence-electron chi connectivity index (χ1n) is 6.98. The summed E-state index contributed by atoms with van der Waals surface area (Å²) in [4.78, 5) is 0. The molecule has 1 heterocycles. The van der Waals surface area contributed by atoms with Crippen molar-refractivity contribution in [1.82, 2.24) is 25.5 Å². The van der Waals surface area contributed by atoms with Crippen LogP contribution in [0.15, 0.2) is 18.2 Å². The lowest BCUT2D eigenvalue weighted by Gasteiger charge is -2.07. The molecule has 5 nitrogen and oxygen atoms in total. The van der Waals surface area contributed by atoms with Crippen LogP contribution in [-0.4, -0.2) is 26.8 Å². The number of rotatable bonds is 5. The molecule has 0 saturated carbocycles. The third-order valence-electron chi connectivity index (χ3n) is 3.57. The summed E-state index contributed by atoms with van der Waals surface area (Å²) in [6.45, 7) is 3.84. The minimum atomic E-state index is 0.706. The minimum absolute atomic E-state index is 0.706. The smallest absolute Gasteiger partial charge is 0.170 e. The summed E-state index contributed by atoms with van der Waals surface area (Å²) in [5.41, 5.74) is 3.99. The zero-order valence-corrected chi connectivity index (χ0v) is 11.3. The number of nitrogens with zero attached hydrogens (tertiary/aromatic N) is 4. The highest BCUT2D eigenvalue weighted by atomic mass is 15.5. The number of nitrogens with one attached hydrogen (secondary N) is 1. The van der Waals surface area contributed by atoms with E-state index < -0.39 is 0 Å². The van der Waals surface area contributed by atoms with E-state index in [4.69, 9.17) is 0 Å². The third-order valence-corrected chi connectivity index (χ3v) is 3.57. The van der Waals surface area contributed by atoms with E-state index in [9.17, 15) is 0 Å². The Labute approximate surface area is 113 Å². The SMILES string of the molecule is CCCNCc1nnnn1-c1ccc2c(c1)CCC2. The maximum Gasteiger partial charge on any atom is 0.170 e. The molecule has 1 aliphatic rings. The van der Waals surface area contributed by atoms with Gasteiger partial charge >= 0.3 is 0 Å². The second-order valence-corrected chi connectivity index (χ2v) is 4.99. The van der Waals surface area contributed by atoms with E-state index in [0.717, 1.165) is 24.5 Å². The van der Waals surface area contributed by atoms with Crippen LogP contribution in [0.5, 0.6) is 0 Å². The van der Waals surface area contributed by atoms with Crippen molar-refractivity contribution in [2.45, 2.75) is 39.2 Å². The Bertz CT molecular complexity index is 561. The van der Waals surface area contributed by atoms with Gasteiger partial charge in [0.15, 0.2) is 5.82 Å². The molecule has 19 heavy (non-hydrogen) atoms. The fraction of sp³-hybridized carbons (Fsp3) is 0.500. The number of tetrazole rings is 1. The average molecular weight is 257 g/mol. The molecule has 1 aromatic carbocycles. The van der Waals surface area contributed by atoms with Gasteiger partial charge < -0.3 is 5.32 Å². The Morgan fingerprint density at radius 2 is 2.16 bits per heavy atom. The van der Waals surface area contributed by atoms with E-state index in [1.165, 1.54) is 30.4 Å². The summed E-state index contributed by atoms with van der Waals surface area (Å²) >= 11 is 0. The van der Waals surface area contributed by atoms with Crippen molar-refractivity contribution in [2.24, 2.45) is 0 Å². The summed E-state index contributed by atoms with van der Waals surface area (Å²) in [7, 11) is 0. The molecule has 0 radical (unpaired) electrons. The van der Waals surface area contributed by atoms with Gasteiger partial charge in [0.2, 0.25) is 0 Å². The number of aryl methyl sites for hydroxylation is 2. The molecule has 0 fully saturated rings. The minimum Gasteiger partial charge on any atom is -0.310 e. The lowest BCUT2D eigenvalue weighted by Crippen LogP contribution is -2.17. The Morgan fingerprint density at radius 1 is 1.26 bits per heavy atom. The molecule has 0 unspecified atom stereocenters. The summed E-state index contributed by atoms with van der Waals surface area (Å²) in [5, 5.41) is 15.3. The van der Waals surface area contributed by atoms with Crippen molar-refractivity contribution in [3.63, 3.8) is 0 Å². The first kappa shape index (κ1) is 12.3. The largest absolute Gasteiger partial charge is 0.310 e. The fourth-order valence-corrected chi connectivity index (χ4v) is 2.58. The highest BCUT2D eigenvalue weighted by Gasteiger charge is 2.13. The molecular formula is C14H19N5. The standard InChI is InChI=1S/C14H19N5/c1-2-8-15-10-14-16-17-18-19(14)13-7-6-11-4-3-5-12(11)9-13/h6-7,9,15H,2-5,8,10H2,1H3. The molecule has 1 aromatic heterocycles. The van der Waals surface area contributed by atoms with E-state index >= 15 is 0 Å². The normalized spacial score (nSPS) is 13.7. The van der Waals surface area contributed by atoms with Crippen LogP contribution in [0.2, 0.25) is 0 Å². The van der Waals surface area contributed by atoms with Gasteiger partial charge in [0.05, 0.1) is 12.2 Å². The van der Waals surface area contributed by atoms with Crippen molar-refractivity contribution in [1.29, 1.82) is 0 Å². The lowest BCUT2D eigenvalue weighted by molar-refractivity contribution is 0.632. The van der Waals surface area contributed by atoms with Crippen molar-refractivity contribution in [3.8, 4) is 5.69 Å². The van der Waals surface area contributed by atoms with Gasteiger partial charge in [-0.05, 0) is 65.9 Å². The monoisotopic (exact) mass is 257 g/mol. The van der Waals surface area contributed by atoms with Crippen LogP contribution in [0, 0.1) is 0 Å². The molecule has 0 amide bonds. The van der Waals surface area contributed by atoms with Crippen LogP contribution in [-0.2, 0) is 19.4 Å². The Hall–Kier alpha value is -1.75. The fourth-order valence-electron chi connectivity index (χ4n) is 2.58. The molecule has 0 aliphatic heterocycles. The van der Waals surface area contributed by atoms with Crippen molar-refractivity contribution < 1.29 is 0 Å². The predicted octanol–water partition coefficient (Wildman–Crippen LogP) is 1.65. The van der Waals surface area contributed by atoms with Gasteiger partial charge in [-0.1, -0.05) is 13.0 Å². The van der Waals surface area contributed by atoms with E-state index in [-0.39, 0.29) is 0 Å². The molecule has 0 saturated heterocycles. The zero-order chi connectivity index (χ0) is 13.1. The molecule has 1 N–H and O–H groups in total. The van der Waals surface area contributed by atoms with E-state index in [0.29, 0.717) is 6.54 Å². The van der Waals surface area contributed by atoms with Crippen LogP contribution in [0.3, 0.4) is 0 Å². The second-order valence-electron chi connectivity index (χ2n) is 4.99. The maximum atomic E-state index is 4.11. The van der Waals surface area contributed by atoms with Crippen LogP contribution in [0.25, 0.3) is 5.69 Å². The topological polar surface area (TPSA) is 55.6 Å². The van der Waals surface area contributed by atoms with Crippen LogP contribution in [0.4, 0.5) is 0 Å². The highest BCUT2D eigenvalue weighted by molar-refractivity contribution is 5.42. The number of hydrogen-bond donors (Lipinski definition) is 1. The first-order chi connectivity index (χ1) is 9.38. The van der Waals surface area contributed by atoms with Crippen LogP contribution >= 0.6 is 0 Å². The van der Waals surface area contributed by atoms with Crippen molar-refractivity contribution >= 4 is 0 Å². The van der Waals surface area contributed by atoms with Crippen molar-refractivity contribution in [2.75, 3.05) is 6.54 Å². The first-order valence-corrected chi connectivity index (χ1v) is 6.98. The summed E-state index contributed by atoms with van der Waals surface area (Å²) < 4.78 is 1.83. The zero-order valence-electron chi connectivity index (χ0n) is 11.3. The highest BCUT2D eigenvalue weighted by Crippen LogP contribution is 2.24. The van der Waals surface area contributed by atoms with Gasteiger partial charge in [-0.25, -0.2) is 0 Å². The van der Waals surface area contributed by atoms with Gasteiger partial charge in [-0.2, -0.15) is 4.68 Å². The third kappa shape index (κ3) is 2.51. The van der Waals surface area contributed by atoms with Gasteiger partial charge in [0.1, 0.15) is 0 Å². The molecular weight excluding hydrogens is 238 g/mol. The molecule has 1 aliphatic carbocycles. The molecule has 0 atom stereocenters. The number of hydrogen-bond acceptors (Lipinski definition) is 4. The van der Waals surface area contributed by atoms with E-state index in [2.05, 4.69) is 46.0 Å². The maximum absolute atomic E-state index is 4.11. The Morgan fingerprint density at radius 3 is 3.05 bits per heavy atom. The number of fused-ring (bicyclic) bond motifs is 1. The molecule has 3 rings (SSSR count). The predicted molar refractivity (Wildman–Crippen MR) is 73.2 cm³/mol. The lowest BCUT2D eigenvalue weighted by atomic mass is 10.1. The quantitative estimate of drug-likeness (QED) is 0.828. The summed E-state index contributed by atoms with van der Waals surface area (Å²) in [6.07, 6.45) is 4.75. The molecule has 0 spiro atoms. The molecule has 0 bridgehead atoms. The van der Waals surface area contributed by atoms with E-state index in [1.54, 1.807) is 0 Å². The van der Waals surface area contributed by atoms with Crippen molar-refractivity contribution in [3.05, 3.63) is 35.2 Å². The number of benzene rings is 1. The second kappa shape index (κ2) is 5.48. The van der Waals surface area contributed by atoms with Gasteiger partial charge in [0, 0.05) is 0 Å². The summed E-state index contributed by atoms with van der Waals surface area (Å²) in [6, 6.07) is 6.55. The Balaban J connectivity index is 1.84. The number of aromatic nitrogens is 4. The van der Waals surface area contributed by atoms with Crippen LogP contribution in [0.1, 0.15) is 36.7 Å². The van der Waals surface area contributed by atoms with Gasteiger partial charge in [-0.3, -0.25) is 0 Å². The molecule has 5 heteroatoms. The Kier molecular flexibility index (Phi) is 3.55.